The molecule has 0 unspecified atom stereocenters. The van der Waals surface area contributed by atoms with Crippen LogP contribution in [0.2, 0.25) is 0 Å². The van der Waals surface area contributed by atoms with E-state index in [1.807, 2.05) is 5.32 Å². The van der Waals surface area contributed by atoms with E-state index in [9.17, 15) is 14.4 Å². The van der Waals surface area contributed by atoms with Crippen LogP contribution in [0.15, 0.2) is 30.3 Å². The molecule has 96 valence electrons. The molecule has 0 atom stereocenters. The van der Waals surface area contributed by atoms with Crippen LogP contribution in [0.5, 0.6) is 0 Å². The molecule has 0 heterocycles. The van der Waals surface area contributed by atoms with Crippen molar-refractivity contribution in [2.45, 2.75) is 3.79 Å². The first-order chi connectivity index (χ1) is 8.30. The lowest BCUT2D eigenvalue weighted by atomic mass is 10.2. The van der Waals surface area contributed by atoms with Gasteiger partial charge in [-0.2, -0.15) is 0 Å². The van der Waals surface area contributed by atoms with Gasteiger partial charge >= 0.3 is 6.03 Å². The molecule has 0 radical (unpaired) electrons. The van der Waals surface area contributed by atoms with Gasteiger partial charge in [0.05, 0.1) is 0 Å². The van der Waals surface area contributed by atoms with Gasteiger partial charge < -0.3 is 0 Å². The summed E-state index contributed by atoms with van der Waals surface area (Å²) in [4.78, 5) is 33.9. The van der Waals surface area contributed by atoms with Crippen molar-refractivity contribution in [3.8, 4) is 0 Å². The first-order valence-corrected chi connectivity index (χ1v) is 5.72. The molecule has 1 aromatic carbocycles. The summed E-state index contributed by atoms with van der Waals surface area (Å²) in [6.45, 7) is 0. The van der Waals surface area contributed by atoms with E-state index < -0.39 is 21.6 Å². The highest BCUT2D eigenvalue weighted by Gasteiger charge is 2.32. The molecule has 0 bridgehead atoms. The molecule has 1 aromatic rings. The number of alkyl halides is 3. The molecule has 0 aliphatic rings. The molecular formula is C10H7Cl3N2O3. The van der Waals surface area contributed by atoms with Crippen molar-refractivity contribution in [1.82, 2.24) is 10.6 Å². The van der Waals surface area contributed by atoms with Gasteiger partial charge in [0.25, 0.3) is 15.6 Å². The minimum absolute atomic E-state index is 0.258. The SMILES string of the molecule is O=C(NC(=O)c1ccccc1)NC(=O)C(Cl)(Cl)Cl. The van der Waals surface area contributed by atoms with Gasteiger partial charge in [-0.3, -0.25) is 20.2 Å². The first kappa shape index (κ1) is 14.8. The number of hydrogen-bond donors (Lipinski definition) is 2. The fourth-order valence-electron chi connectivity index (χ4n) is 0.970. The fraction of sp³-hybridized carbons (Fsp3) is 0.100. The second-order valence-corrected chi connectivity index (χ2v) is 5.38. The highest BCUT2D eigenvalue weighted by atomic mass is 35.6. The number of carbonyl (C=O) groups excluding carboxylic acids is 3. The van der Waals surface area contributed by atoms with Gasteiger partial charge in [-0.05, 0) is 12.1 Å². The zero-order chi connectivity index (χ0) is 13.8. The van der Waals surface area contributed by atoms with Gasteiger partial charge in [0.2, 0.25) is 0 Å². The number of rotatable bonds is 1. The third-order valence-electron chi connectivity index (χ3n) is 1.75. The van der Waals surface area contributed by atoms with Crippen LogP contribution in [0.3, 0.4) is 0 Å². The Hall–Kier alpha value is -1.30. The highest BCUT2D eigenvalue weighted by Crippen LogP contribution is 2.25. The predicted octanol–water partition coefficient (Wildman–Crippen LogP) is 2.02. The van der Waals surface area contributed by atoms with Crippen molar-refractivity contribution in [3.63, 3.8) is 0 Å². The second kappa shape index (κ2) is 6.04. The monoisotopic (exact) mass is 308 g/mol. The minimum Gasteiger partial charge on any atom is -0.274 e. The van der Waals surface area contributed by atoms with E-state index >= 15 is 0 Å². The summed E-state index contributed by atoms with van der Waals surface area (Å²) in [5.41, 5.74) is 0.258. The highest BCUT2D eigenvalue weighted by molar-refractivity contribution is 6.76. The summed E-state index contributed by atoms with van der Waals surface area (Å²) in [6, 6.07) is 6.89. The van der Waals surface area contributed by atoms with Gasteiger partial charge in [-0.1, -0.05) is 53.0 Å². The van der Waals surface area contributed by atoms with E-state index in [1.165, 1.54) is 12.1 Å². The molecule has 0 spiro atoms. The molecule has 0 saturated carbocycles. The molecule has 4 amide bonds. The van der Waals surface area contributed by atoms with Crippen LogP contribution in [0.25, 0.3) is 0 Å². The average molecular weight is 310 g/mol. The Morgan fingerprint density at radius 3 is 2.00 bits per heavy atom. The lowest BCUT2D eigenvalue weighted by Gasteiger charge is -2.10. The molecule has 0 fully saturated rings. The van der Waals surface area contributed by atoms with Gasteiger partial charge in [-0.25, -0.2) is 4.79 Å². The Morgan fingerprint density at radius 2 is 1.50 bits per heavy atom. The van der Waals surface area contributed by atoms with Gasteiger partial charge in [-0.15, -0.1) is 0 Å². The molecule has 18 heavy (non-hydrogen) atoms. The van der Waals surface area contributed by atoms with Gasteiger partial charge in [0.15, 0.2) is 0 Å². The zero-order valence-electron chi connectivity index (χ0n) is 8.75. The Balaban J connectivity index is 2.57. The Kier molecular flexibility index (Phi) is 4.95. The summed E-state index contributed by atoms with van der Waals surface area (Å²) in [5, 5.41) is 3.63. The number of carbonyl (C=O) groups is 3. The van der Waals surface area contributed by atoms with Gasteiger partial charge in [0.1, 0.15) is 0 Å². The van der Waals surface area contributed by atoms with E-state index in [1.54, 1.807) is 23.5 Å². The van der Waals surface area contributed by atoms with Crippen LogP contribution in [0.1, 0.15) is 10.4 Å². The van der Waals surface area contributed by atoms with Crippen molar-refractivity contribution in [1.29, 1.82) is 0 Å². The molecule has 0 aliphatic carbocycles. The first-order valence-electron chi connectivity index (χ1n) is 4.59. The molecule has 2 N–H and O–H groups in total. The predicted molar refractivity (Wildman–Crippen MR) is 67.7 cm³/mol. The standard InChI is InChI=1S/C10H7Cl3N2O3/c11-10(12,13)8(17)15-9(18)14-7(16)6-4-2-1-3-5-6/h1-5H,(H2,14,15,16,17,18). The molecule has 1 rings (SSSR count). The van der Waals surface area contributed by atoms with E-state index in [4.69, 9.17) is 34.8 Å². The van der Waals surface area contributed by atoms with Crippen molar-refractivity contribution < 1.29 is 14.4 Å². The van der Waals surface area contributed by atoms with Crippen LogP contribution in [0, 0.1) is 0 Å². The maximum atomic E-state index is 11.5. The van der Waals surface area contributed by atoms with E-state index in [0.717, 1.165) is 0 Å². The van der Waals surface area contributed by atoms with Crippen LogP contribution in [0.4, 0.5) is 4.79 Å². The minimum atomic E-state index is -2.27. The quantitative estimate of drug-likeness (QED) is 0.779. The number of imide groups is 2. The van der Waals surface area contributed by atoms with E-state index in [0.29, 0.717) is 0 Å². The summed E-state index contributed by atoms with van der Waals surface area (Å²) in [6.07, 6.45) is 0. The topological polar surface area (TPSA) is 75.3 Å². The number of nitrogens with one attached hydrogen (secondary N) is 2. The normalized spacial score (nSPS) is 10.6. The lowest BCUT2D eigenvalue weighted by Crippen LogP contribution is -2.46. The summed E-state index contributed by atoms with van der Waals surface area (Å²) >= 11 is 15.7. The Bertz CT molecular complexity index is 471. The van der Waals surface area contributed by atoms with E-state index in [2.05, 4.69) is 0 Å². The number of hydrogen-bond acceptors (Lipinski definition) is 3. The molecule has 0 aromatic heterocycles. The zero-order valence-corrected chi connectivity index (χ0v) is 11.0. The molecule has 8 heteroatoms. The molecular weight excluding hydrogens is 302 g/mol. The largest absolute Gasteiger partial charge is 0.328 e. The van der Waals surface area contributed by atoms with Crippen molar-refractivity contribution in [2.24, 2.45) is 0 Å². The maximum absolute atomic E-state index is 11.5. The van der Waals surface area contributed by atoms with Crippen LogP contribution >= 0.6 is 34.8 Å². The number of benzene rings is 1. The number of halogens is 3. The van der Waals surface area contributed by atoms with Crippen molar-refractivity contribution >= 4 is 52.6 Å². The van der Waals surface area contributed by atoms with Crippen molar-refractivity contribution in [2.75, 3.05) is 0 Å². The van der Waals surface area contributed by atoms with Crippen LogP contribution < -0.4 is 10.6 Å². The Labute approximate surface area is 117 Å². The number of amides is 4. The number of urea groups is 1. The third-order valence-corrected chi connectivity index (χ3v) is 2.26. The maximum Gasteiger partial charge on any atom is 0.328 e. The molecule has 0 aliphatic heterocycles. The Morgan fingerprint density at radius 1 is 0.944 bits per heavy atom. The van der Waals surface area contributed by atoms with Crippen LogP contribution in [-0.2, 0) is 4.79 Å². The molecule has 5 nitrogen and oxygen atoms in total. The van der Waals surface area contributed by atoms with Crippen LogP contribution in [-0.4, -0.2) is 21.6 Å². The van der Waals surface area contributed by atoms with Gasteiger partial charge in [0, 0.05) is 5.56 Å². The van der Waals surface area contributed by atoms with E-state index in [-0.39, 0.29) is 5.56 Å². The summed E-state index contributed by atoms with van der Waals surface area (Å²) < 4.78 is -2.27. The smallest absolute Gasteiger partial charge is 0.274 e. The fourth-order valence-corrected chi connectivity index (χ4v) is 1.11. The molecule has 0 saturated heterocycles. The third kappa shape index (κ3) is 4.52. The lowest BCUT2D eigenvalue weighted by molar-refractivity contribution is -0.119. The second-order valence-electron chi connectivity index (χ2n) is 3.10. The van der Waals surface area contributed by atoms with Crippen molar-refractivity contribution in [3.05, 3.63) is 35.9 Å². The summed E-state index contributed by atoms with van der Waals surface area (Å²) in [7, 11) is 0. The average Bonchev–Trinajstić information content (AvgIpc) is 2.28. The summed E-state index contributed by atoms with van der Waals surface area (Å²) in [5.74, 6) is -1.82.